The summed E-state index contributed by atoms with van der Waals surface area (Å²) in [7, 11) is 1.85. The predicted octanol–water partition coefficient (Wildman–Crippen LogP) is 5.27. The molecule has 0 aromatic heterocycles. The molecule has 0 spiro atoms. The highest BCUT2D eigenvalue weighted by molar-refractivity contribution is 5.97. The second-order valence-electron chi connectivity index (χ2n) is 9.10. The Morgan fingerprint density at radius 1 is 0.969 bits per heavy atom. The summed E-state index contributed by atoms with van der Waals surface area (Å²) >= 11 is 0. The van der Waals surface area contributed by atoms with Crippen LogP contribution in [0.15, 0.2) is 54.6 Å². The van der Waals surface area contributed by atoms with Crippen LogP contribution in [0.4, 0.5) is 0 Å². The minimum absolute atomic E-state index is 0.0183. The van der Waals surface area contributed by atoms with Gasteiger partial charge in [-0.1, -0.05) is 57.0 Å². The summed E-state index contributed by atoms with van der Waals surface area (Å²) in [6.07, 6.45) is 4.81. The van der Waals surface area contributed by atoms with Crippen LogP contribution >= 0.6 is 0 Å². The van der Waals surface area contributed by atoms with Gasteiger partial charge >= 0.3 is 0 Å². The van der Waals surface area contributed by atoms with Gasteiger partial charge in [0, 0.05) is 25.7 Å². The van der Waals surface area contributed by atoms with Crippen molar-refractivity contribution < 1.29 is 14.3 Å². The Hall–Kier alpha value is -2.82. The molecule has 0 unspecified atom stereocenters. The van der Waals surface area contributed by atoms with Crippen LogP contribution in [-0.4, -0.2) is 54.4 Å². The van der Waals surface area contributed by atoms with E-state index in [1.807, 2.05) is 66.5 Å². The number of amides is 2. The lowest BCUT2D eigenvalue weighted by molar-refractivity contribution is 0.0567. The van der Waals surface area contributed by atoms with Gasteiger partial charge in [-0.05, 0) is 49.4 Å². The van der Waals surface area contributed by atoms with Gasteiger partial charge in [-0.25, -0.2) is 0 Å². The summed E-state index contributed by atoms with van der Waals surface area (Å²) in [4.78, 5) is 30.3. The van der Waals surface area contributed by atoms with Crippen LogP contribution in [0, 0.1) is 5.92 Å². The van der Waals surface area contributed by atoms with Gasteiger partial charge in [-0.3, -0.25) is 9.59 Å². The molecule has 0 radical (unpaired) electrons. The number of fused-ring (bicyclic) bond motifs is 1. The Balaban J connectivity index is 1.91. The molecule has 0 fully saturated rings. The van der Waals surface area contributed by atoms with Gasteiger partial charge in [0.15, 0.2) is 0 Å². The van der Waals surface area contributed by atoms with Gasteiger partial charge in [-0.15, -0.1) is 0 Å². The molecular weight excluding hydrogens is 400 g/mol. The molecular formula is C27H36N2O3. The molecule has 0 saturated carbocycles. The van der Waals surface area contributed by atoms with E-state index in [0.29, 0.717) is 35.9 Å². The molecule has 3 rings (SSSR count). The molecule has 5 nitrogen and oxygen atoms in total. The van der Waals surface area contributed by atoms with Crippen LogP contribution in [0.1, 0.15) is 66.7 Å². The van der Waals surface area contributed by atoms with Crippen molar-refractivity contribution in [3.8, 4) is 5.75 Å². The van der Waals surface area contributed by atoms with Crippen molar-refractivity contribution >= 4 is 11.8 Å². The number of carbonyl (C=O) groups excluding carboxylic acids is 2. The fourth-order valence-electron chi connectivity index (χ4n) is 4.27. The number of benzene rings is 2. The summed E-state index contributed by atoms with van der Waals surface area (Å²) in [5.41, 5.74) is 1.29. The van der Waals surface area contributed by atoms with Gasteiger partial charge in [0.1, 0.15) is 12.4 Å². The summed E-state index contributed by atoms with van der Waals surface area (Å²) in [5.74, 6) is 1.03. The molecule has 0 saturated heterocycles. The minimum Gasteiger partial charge on any atom is -0.491 e. The second kappa shape index (κ2) is 11.7. The van der Waals surface area contributed by atoms with Gasteiger partial charge in [-0.2, -0.15) is 0 Å². The molecule has 2 aromatic carbocycles. The van der Waals surface area contributed by atoms with E-state index in [1.165, 1.54) is 0 Å². The SMILES string of the molecule is CC(C)C[C@H]1COc2ccccc2C(=O)N(C)CCCCCCN1C(=O)c1ccccc1. The first-order chi connectivity index (χ1) is 15.5. The van der Waals surface area contributed by atoms with Gasteiger partial charge in [0.25, 0.3) is 11.8 Å². The third kappa shape index (κ3) is 6.35. The fourth-order valence-corrected chi connectivity index (χ4v) is 4.27. The highest BCUT2D eigenvalue weighted by Gasteiger charge is 2.27. The molecule has 32 heavy (non-hydrogen) atoms. The third-order valence-corrected chi connectivity index (χ3v) is 6.00. The van der Waals surface area contributed by atoms with Crippen LogP contribution in [0.5, 0.6) is 5.75 Å². The summed E-state index contributed by atoms with van der Waals surface area (Å²) in [5, 5.41) is 0. The number of ether oxygens (including phenoxy) is 1. The molecule has 1 aliphatic heterocycles. The van der Waals surface area contributed by atoms with E-state index in [2.05, 4.69) is 13.8 Å². The zero-order valence-electron chi connectivity index (χ0n) is 19.6. The van der Waals surface area contributed by atoms with Crippen LogP contribution in [-0.2, 0) is 0 Å². The number of para-hydroxylation sites is 1. The number of nitrogens with zero attached hydrogens (tertiary/aromatic N) is 2. The molecule has 0 N–H and O–H groups in total. The Kier molecular flexibility index (Phi) is 8.72. The average molecular weight is 437 g/mol. The maximum Gasteiger partial charge on any atom is 0.257 e. The summed E-state index contributed by atoms with van der Waals surface area (Å²) < 4.78 is 6.24. The first-order valence-corrected chi connectivity index (χ1v) is 11.8. The lowest BCUT2D eigenvalue weighted by Crippen LogP contribution is -2.45. The lowest BCUT2D eigenvalue weighted by atomic mass is 10.0. The first-order valence-electron chi connectivity index (χ1n) is 11.8. The van der Waals surface area contributed by atoms with E-state index in [-0.39, 0.29) is 17.9 Å². The standard InChI is InChI=1S/C27H36N2O3/c1-21(2)19-23-20-32-25-16-10-9-15-24(25)27(31)28(3)17-11-4-5-12-18-29(23)26(30)22-13-7-6-8-14-22/h6-10,13-16,21,23H,4-5,11-12,17-20H2,1-3H3/t23-/m0/s1. The Morgan fingerprint density at radius 3 is 2.34 bits per heavy atom. The smallest absolute Gasteiger partial charge is 0.257 e. The van der Waals surface area contributed by atoms with E-state index in [0.717, 1.165) is 38.6 Å². The van der Waals surface area contributed by atoms with Gasteiger partial charge in [0.05, 0.1) is 11.6 Å². The Labute approximate surface area is 192 Å². The quantitative estimate of drug-likeness (QED) is 0.659. The van der Waals surface area contributed by atoms with Crippen molar-refractivity contribution in [1.29, 1.82) is 0 Å². The zero-order chi connectivity index (χ0) is 22.9. The topological polar surface area (TPSA) is 49.9 Å². The minimum atomic E-state index is -0.0634. The lowest BCUT2D eigenvalue weighted by Gasteiger charge is -2.33. The van der Waals surface area contributed by atoms with Crippen molar-refractivity contribution in [2.75, 3.05) is 26.7 Å². The maximum atomic E-state index is 13.5. The van der Waals surface area contributed by atoms with Crippen molar-refractivity contribution in [2.24, 2.45) is 5.92 Å². The number of hydrogen-bond acceptors (Lipinski definition) is 3. The molecule has 1 heterocycles. The monoisotopic (exact) mass is 436 g/mol. The van der Waals surface area contributed by atoms with E-state index >= 15 is 0 Å². The largest absolute Gasteiger partial charge is 0.491 e. The molecule has 0 aliphatic carbocycles. The Bertz CT molecular complexity index is 881. The molecule has 2 amide bonds. The van der Waals surface area contributed by atoms with Crippen molar-refractivity contribution in [3.63, 3.8) is 0 Å². The normalized spacial score (nSPS) is 18.6. The van der Waals surface area contributed by atoms with E-state index in [4.69, 9.17) is 4.74 Å². The number of carbonyl (C=O) groups is 2. The molecule has 1 aliphatic rings. The molecule has 2 aromatic rings. The second-order valence-corrected chi connectivity index (χ2v) is 9.10. The van der Waals surface area contributed by atoms with Crippen LogP contribution in [0.25, 0.3) is 0 Å². The zero-order valence-corrected chi connectivity index (χ0v) is 19.6. The van der Waals surface area contributed by atoms with Gasteiger partial charge < -0.3 is 14.5 Å². The Morgan fingerprint density at radius 2 is 1.62 bits per heavy atom. The summed E-state index contributed by atoms with van der Waals surface area (Å²) in [6.45, 7) is 6.14. The van der Waals surface area contributed by atoms with Crippen LogP contribution < -0.4 is 4.74 Å². The summed E-state index contributed by atoms with van der Waals surface area (Å²) in [6, 6.07) is 16.9. The average Bonchev–Trinajstić information content (AvgIpc) is 2.80. The molecule has 0 bridgehead atoms. The van der Waals surface area contributed by atoms with E-state index in [9.17, 15) is 9.59 Å². The third-order valence-electron chi connectivity index (χ3n) is 6.00. The van der Waals surface area contributed by atoms with Crippen molar-refractivity contribution in [2.45, 2.75) is 52.0 Å². The maximum absolute atomic E-state index is 13.5. The van der Waals surface area contributed by atoms with E-state index < -0.39 is 0 Å². The number of rotatable bonds is 3. The van der Waals surface area contributed by atoms with Crippen LogP contribution in [0.3, 0.4) is 0 Å². The molecule has 1 atom stereocenters. The van der Waals surface area contributed by atoms with Crippen molar-refractivity contribution in [3.05, 3.63) is 65.7 Å². The van der Waals surface area contributed by atoms with Gasteiger partial charge in [0.2, 0.25) is 0 Å². The van der Waals surface area contributed by atoms with E-state index in [1.54, 1.807) is 4.90 Å². The van der Waals surface area contributed by atoms with Crippen LogP contribution in [0.2, 0.25) is 0 Å². The number of hydrogen-bond donors (Lipinski definition) is 0. The fraction of sp³-hybridized carbons (Fsp3) is 0.481. The highest BCUT2D eigenvalue weighted by atomic mass is 16.5. The first kappa shape index (κ1) is 23.8. The van der Waals surface area contributed by atoms with Crippen molar-refractivity contribution in [1.82, 2.24) is 9.80 Å². The predicted molar refractivity (Wildman–Crippen MR) is 128 cm³/mol. The molecule has 172 valence electrons. The molecule has 5 heteroatoms. The highest BCUT2D eigenvalue weighted by Crippen LogP contribution is 2.23.